The summed E-state index contributed by atoms with van der Waals surface area (Å²) < 4.78 is 16.3. The highest BCUT2D eigenvalue weighted by Gasteiger charge is 2.18. The molecule has 0 unspecified atom stereocenters. The highest BCUT2D eigenvalue weighted by Crippen LogP contribution is 2.25. The molecule has 1 amide bonds. The maximum absolute atomic E-state index is 14.5. The minimum atomic E-state index is -0.338. The molecule has 1 aliphatic rings. The van der Waals surface area contributed by atoms with Crippen molar-refractivity contribution < 1.29 is 9.18 Å². The fourth-order valence-corrected chi connectivity index (χ4v) is 4.89. The van der Waals surface area contributed by atoms with Crippen LogP contribution in [0, 0.1) is 12.7 Å². The summed E-state index contributed by atoms with van der Waals surface area (Å²) in [5, 5.41) is 10.8. The lowest BCUT2D eigenvalue weighted by Gasteiger charge is -2.32. The topological polar surface area (TPSA) is 104 Å². The molecule has 5 rings (SSSR count). The minimum absolute atomic E-state index is 0.0625. The van der Waals surface area contributed by atoms with Crippen molar-refractivity contribution in [1.29, 1.82) is 0 Å². The van der Waals surface area contributed by atoms with Gasteiger partial charge in [0.1, 0.15) is 17.2 Å². The molecule has 4 heterocycles. The molecule has 0 spiro atoms. The van der Waals surface area contributed by atoms with Crippen molar-refractivity contribution in [3.05, 3.63) is 71.1 Å². The molecule has 0 aliphatic carbocycles. The number of carbonyl (C=O) groups excluding carboxylic acids is 1. The first-order valence-corrected chi connectivity index (χ1v) is 13.7. The van der Waals surface area contributed by atoms with Gasteiger partial charge in [0.15, 0.2) is 0 Å². The van der Waals surface area contributed by atoms with E-state index in [-0.39, 0.29) is 24.2 Å². The van der Waals surface area contributed by atoms with Crippen molar-refractivity contribution in [2.45, 2.75) is 46.3 Å². The monoisotopic (exact) mass is 545 g/mol. The zero-order valence-corrected chi connectivity index (χ0v) is 23.5. The average molecular weight is 546 g/mol. The van der Waals surface area contributed by atoms with Crippen LogP contribution < -0.4 is 10.6 Å². The van der Waals surface area contributed by atoms with Crippen LogP contribution in [0.2, 0.25) is 0 Å². The van der Waals surface area contributed by atoms with E-state index in [9.17, 15) is 9.18 Å². The van der Waals surface area contributed by atoms with Crippen molar-refractivity contribution in [3.63, 3.8) is 0 Å². The number of rotatable bonds is 9. The van der Waals surface area contributed by atoms with E-state index < -0.39 is 0 Å². The van der Waals surface area contributed by atoms with Crippen LogP contribution >= 0.6 is 0 Å². The van der Waals surface area contributed by atoms with E-state index in [0.717, 1.165) is 49.4 Å². The van der Waals surface area contributed by atoms with Crippen LogP contribution in [0.1, 0.15) is 42.4 Å². The molecule has 10 nitrogen and oxygen atoms in total. The lowest BCUT2D eigenvalue weighted by molar-refractivity contribution is -0.115. The van der Waals surface area contributed by atoms with Crippen LogP contribution in [0.4, 0.5) is 15.9 Å². The average Bonchev–Trinajstić information content (AvgIpc) is 3.35. The lowest BCUT2D eigenvalue weighted by atomic mass is 10.0. The zero-order valence-electron chi connectivity index (χ0n) is 23.5. The Morgan fingerprint density at radius 2 is 1.93 bits per heavy atom. The Kier molecular flexibility index (Phi) is 8.32. The zero-order chi connectivity index (χ0) is 28.2. The number of anilines is 2. The minimum Gasteiger partial charge on any atom is -0.362 e. The fourth-order valence-electron chi connectivity index (χ4n) is 4.89. The van der Waals surface area contributed by atoms with Gasteiger partial charge in [0.2, 0.25) is 11.6 Å². The smallest absolute Gasteiger partial charge is 0.230 e. The lowest BCUT2D eigenvalue weighted by Crippen LogP contribution is -2.44. The van der Waals surface area contributed by atoms with Gasteiger partial charge in [-0.2, -0.15) is 5.10 Å². The van der Waals surface area contributed by atoms with E-state index >= 15 is 0 Å². The number of fused-ring (bicyclic) bond motifs is 1. The van der Waals surface area contributed by atoms with Gasteiger partial charge >= 0.3 is 0 Å². The largest absolute Gasteiger partial charge is 0.362 e. The first-order valence-electron chi connectivity index (χ1n) is 13.7. The molecule has 210 valence electrons. The molecular formula is C29H36FN9O. The number of aryl methyl sites for hydroxylation is 2. The summed E-state index contributed by atoms with van der Waals surface area (Å²) in [6.07, 6.45) is 3.64. The second-order valence-corrected chi connectivity index (χ2v) is 10.4. The Balaban J connectivity index is 1.22. The van der Waals surface area contributed by atoms with Crippen molar-refractivity contribution in [2.24, 2.45) is 0 Å². The van der Waals surface area contributed by atoms with Crippen molar-refractivity contribution in [2.75, 3.05) is 43.9 Å². The van der Waals surface area contributed by atoms with E-state index in [1.54, 1.807) is 12.3 Å². The molecule has 40 heavy (non-hydrogen) atoms. The summed E-state index contributed by atoms with van der Waals surface area (Å²) in [6, 6.07) is 8.71. The van der Waals surface area contributed by atoms with Gasteiger partial charge in [0.25, 0.3) is 0 Å². The number of hydrogen-bond donors (Lipinski definition) is 2. The third-order valence-electron chi connectivity index (χ3n) is 7.28. The van der Waals surface area contributed by atoms with Crippen molar-refractivity contribution >= 4 is 28.6 Å². The van der Waals surface area contributed by atoms with E-state index in [4.69, 9.17) is 0 Å². The predicted octanol–water partition coefficient (Wildman–Crippen LogP) is 3.79. The van der Waals surface area contributed by atoms with E-state index in [0.29, 0.717) is 35.1 Å². The fraction of sp³-hybridized carbons (Fsp3) is 0.414. The number of amides is 1. The molecule has 0 saturated carbocycles. The van der Waals surface area contributed by atoms with Crippen LogP contribution in [-0.4, -0.2) is 73.7 Å². The molecule has 0 bridgehead atoms. The number of nitrogens with zero attached hydrogens (tertiary/aromatic N) is 7. The SMILES string of the molecule is CCn1cc2ncc(N[C@@H](C)c3cc(NC(=O)Cc4ccc(F)c(CN5CCN(C)CC5)n4)ccc3C)nc2n1. The molecule has 4 aromatic rings. The highest BCUT2D eigenvalue weighted by molar-refractivity contribution is 5.92. The first kappa shape index (κ1) is 27.6. The maximum Gasteiger partial charge on any atom is 0.230 e. The van der Waals surface area contributed by atoms with E-state index in [1.807, 2.05) is 49.8 Å². The number of hydrogen-bond acceptors (Lipinski definition) is 8. The van der Waals surface area contributed by atoms with Crippen LogP contribution in [0.25, 0.3) is 11.2 Å². The summed E-state index contributed by atoms with van der Waals surface area (Å²) >= 11 is 0. The molecule has 0 radical (unpaired) electrons. The van der Waals surface area contributed by atoms with Gasteiger partial charge in [-0.15, -0.1) is 0 Å². The third-order valence-corrected chi connectivity index (χ3v) is 7.28. The summed E-state index contributed by atoms with van der Waals surface area (Å²) in [4.78, 5) is 30.9. The van der Waals surface area contributed by atoms with Gasteiger partial charge in [0, 0.05) is 45.0 Å². The van der Waals surface area contributed by atoms with Gasteiger partial charge in [-0.3, -0.25) is 19.4 Å². The molecule has 1 aromatic carbocycles. The molecule has 1 saturated heterocycles. The number of halogens is 1. The molecule has 1 fully saturated rings. The Morgan fingerprint density at radius 3 is 2.70 bits per heavy atom. The summed E-state index contributed by atoms with van der Waals surface area (Å²) in [5.41, 5.74) is 5.06. The van der Waals surface area contributed by atoms with Crippen LogP contribution in [0.3, 0.4) is 0 Å². The molecule has 3 aromatic heterocycles. The first-order chi connectivity index (χ1) is 19.3. The quantitative estimate of drug-likeness (QED) is 0.328. The van der Waals surface area contributed by atoms with Crippen LogP contribution in [0.15, 0.2) is 42.7 Å². The van der Waals surface area contributed by atoms with Gasteiger partial charge in [0.05, 0.1) is 36.2 Å². The summed E-state index contributed by atoms with van der Waals surface area (Å²) in [6.45, 7) is 10.9. The molecule has 11 heteroatoms. The van der Waals surface area contributed by atoms with Crippen LogP contribution in [0.5, 0.6) is 0 Å². The van der Waals surface area contributed by atoms with E-state index in [1.165, 1.54) is 6.07 Å². The number of likely N-dealkylation sites (N-methyl/N-ethyl adjacent to an activating group) is 1. The third kappa shape index (κ3) is 6.60. The Morgan fingerprint density at radius 1 is 1.12 bits per heavy atom. The summed E-state index contributed by atoms with van der Waals surface area (Å²) in [5.74, 6) is 0.0863. The molecule has 1 atom stereocenters. The Bertz CT molecular complexity index is 1500. The Labute approximate surface area is 233 Å². The second kappa shape index (κ2) is 12.1. The number of benzene rings is 1. The number of aromatic nitrogens is 5. The number of piperazine rings is 1. The predicted molar refractivity (Wildman–Crippen MR) is 154 cm³/mol. The number of nitrogens with one attached hydrogen (secondary N) is 2. The second-order valence-electron chi connectivity index (χ2n) is 10.4. The standard InChI is InChI=1S/C29H36FN9O/c1-5-39-18-26-29(36-39)35-27(16-31-26)32-20(3)23-14-21(7-6-19(23)2)34-28(40)15-22-8-9-24(30)25(33-22)17-38-12-10-37(4)11-13-38/h6-9,14,16,18,20H,5,10-13,15,17H2,1-4H3,(H,34,40)(H,32,35,36)/t20-/m0/s1. The van der Waals surface area contributed by atoms with Gasteiger partial charge in [-0.05, 0) is 63.2 Å². The van der Waals surface area contributed by atoms with Crippen molar-refractivity contribution in [1.82, 2.24) is 34.5 Å². The summed E-state index contributed by atoms with van der Waals surface area (Å²) in [7, 11) is 2.09. The van der Waals surface area contributed by atoms with Gasteiger partial charge in [-0.25, -0.2) is 14.4 Å². The van der Waals surface area contributed by atoms with Gasteiger partial charge in [-0.1, -0.05) is 6.07 Å². The molecule has 1 aliphatic heterocycles. The van der Waals surface area contributed by atoms with Crippen molar-refractivity contribution in [3.8, 4) is 0 Å². The molecule has 2 N–H and O–H groups in total. The maximum atomic E-state index is 14.5. The van der Waals surface area contributed by atoms with E-state index in [2.05, 4.69) is 47.5 Å². The van der Waals surface area contributed by atoms with Gasteiger partial charge < -0.3 is 15.5 Å². The Hall–Kier alpha value is -3.96. The highest BCUT2D eigenvalue weighted by atomic mass is 19.1. The molecular weight excluding hydrogens is 509 g/mol. The number of carbonyl (C=O) groups is 1. The number of pyridine rings is 1. The van der Waals surface area contributed by atoms with Crippen LogP contribution in [-0.2, 0) is 24.3 Å². The normalized spacial score (nSPS) is 15.3.